The molecule has 104 valence electrons. The first-order chi connectivity index (χ1) is 10.1. The molecule has 1 N–H and O–H groups in total. The number of carbonyl (C=O) groups excluding carboxylic acids is 1. The number of nitrogens with zero attached hydrogens (tertiary/aromatic N) is 1. The highest BCUT2D eigenvalue weighted by Gasteiger charge is 2.16. The summed E-state index contributed by atoms with van der Waals surface area (Å²) in [4.78, 5) is 24.4. The topological polar surface area (TPSA) is 57.6 Å². The van der Waals surface area contributed by atoms with Gasteiger partial charge in [-0.25, -0.2) is 4.79 Å². The lowest BCUT2D eigenvalue weighted by Gasteiger charge is -2.16. The van der Waals surface area contributed by atoms with Gasteiger partial charge < -0.3 is 10.0 Å². The van der Waals surface area contributed by atoms with E-state index in [1.807, 2.05) is 18.2 Å². The summed E-state index contributed by atoms with van der Waals surface area (Å²) in [5, 5.41) is 9.13. The quantitative estimate of drug-likeness (QED) is 0.859. The first kappa shape index (κ1) is 14.4. The van der Waals surface area contributed by atoms with E-state index in [1.165, 1.54) is 18.0 Å². The van der Waals surface area contributed by atoms with E-state index in [1.54, 1.807) is 30.3 Å². The molecule has 4 heteroatoms. The maximum absolute atomic E-state index is 12.1. The third-order valence-corrected chi connectivity index (χ3v) is 2.89. The van der Waals surface area contributed by atoms with Crippen LogP contribution in [0.3, 0.4) is 0 Å². The average Bonchev–Trinajstić information content (AvgIpc) is 2.52. The third kappa shape index (κ3) is 3.48. The summed E-state index contributed by atoms with van der Waals surface area (Å²) in [6.07, 6.45) is 0. The van der Waals surface area contributed by atoms with E-state index in [2.05, 4.69) is 11.8 Å². The number of carboxylic acid groups (broad SMARTS) is 1. The summed E-state index contributed by atoms with van der Waals surface area (Å²) >= 11 is 0. The summed E-state index contributed by atoms with van der Waals surface area (Å²) in [5.41, 5.74) is 1.11. The van der Waals surface area contributed by atoms with Crippen molar-refractivity contribution >= 4 is 17.6 Å². The Kier molecular flexibility index (Phi) is 4.37. The summed E-state index contributed by atoms with van der Waals surface area (Å²) in [7, 11) is 1.50. The van der Waals surface area contributed by atoms with Gasteiger partial charge in [0.1, 0.15) is 0 Å². The van der Waals surface area contributed by atoms with Crippen LogP contribution < -0.4 is 4.90 Å². The minimum atomic E-state index is -1.08. The number of benzene rings is 2. The second-order valence-electron chi connectivity index (χ2n) is 4.30. The van der Waals surface area contributed by atoms with E-state index in [-0.39, 0.29) is 5.56 Å². The van der Waals surface area contributed by atoms with Gasteiger partial charge in [0.25, 0.3) is 0 Å². The number of para-hydroxylation sites is 1. The number of hydrogen-bond donors (Lipinski definition) is 1. The van der Waals surface area contributed by atoms with Crippen LogP contribution in [0.25, 0.3) is 0 Å². The SMILES string of the molecule is CN(C(=O)C#Cc1ccccc1)c1ccccc1C(=O)O. The molecular weight excluding hydrogens is 266 g/mol. The number of carboxylic acids is 1. The molecule has 0 unspecified atom stereocenters. The first-order valence-electron chi connectivity index (χ1n) is 6.26. The van der Waals surface area contributed by atoms with Gasteiger partial charge in [-0.15, -0.1) is 0 Å². The molecule has 2 aromatic rings. The van der Waals surface area contributed by atoms with E-state index >= 15 is 0 Å². The first-order valence-corrected chi connectivity index (χ1v) is 6.26. The fourth-order valence-electron chi connectivity index (χ4n) is 1.79. The Morgan fingerprint density at radius 2 is 1.62 bits per heavy atom. The highest BCUT2D eigenvalue weighted by molar-refractivity contribution is 6.09. The van der Waals surface area contributed by atoms with Crippen LogP contribution in [0.5, 0.6) is 0 Å². The smallest absolute Gasteiger partial charge is 0.337 e. The van der Waals surface area contributed by atoms with E-state index in [0.29, 0.717) is 5.69 Å². The fourth-order valence-corrected chi connectivity index (χ4v) is 1.79. The number of rotatable bonds is 2. The summed E-state index contributed by atoms with van der Waals surface area (Å²) in [6.45, 7) is 0. The number of hydrogen-bond acceptors (Lipinski definition) is 2. The van der Waals surface area contributed by atoms with Gasteiger partial charge >= 0.3 is 11.9 Å². The van der Waals surface area contributed by atoms with Crippen molar-refractivity contribution in [2.75, 3.05) is 11.9 Å². The van der Waals surface area contributed by atoms with Crippen molar-refractivity contribution in [2.24, 2.45) is 0 Å². The Morgan fingerprint density at radius 3 is 2.29 bits per heavy atom. The van der Waals surface area contributed by atoms with Crippen LogP contribution in [0.1, 0.15) is 15.9 Å². The van der Waals surface area contributed by atoms with Gasteiger partial charge in [-0.05, 0) is 24.3 Å². The van der Waals surface area contributed by atoms with Gasteiger partial charge in [0, 0.05) is 18.5 Å². The van der Waals surface area contributed by atoms with E-state index in [4.69, 9.17) is 5.11 Å². The zero-order valence-electron chi connectivity index (χ0n) is 11.4. The molecule has 2 rings (SSSR count). The van der Waals surface area contributed by atoms with E-state index in [0.717, 1.165) is 5.56 Å². The molecule has 0 heterocycles. The molecule has 0 saturated carbocycles. The molecular formula is C17H13NO3. The van der Waals surface area contributed by atoms with E-state index in [9.17, 15) is 9.59 Å². The molecule has 0 fully saturated rings. The Bertz CT molecular complexity index is 726. The second kappa shape index (κ2) is 6.40. The molecule has 0 radical (unpaired) electrons. The molecule has 0 aliphatic rings. The minimum Gasteiger partial charge on any atom is -0.478 e. The summed E-state index contributed by atoms with van der Waals surface area (Å²) in [5.74, 6) is 3.72. The lowest BCUT2D eigenvalue weighted by atomic mass is 10.1. The van der Waals surface area contributed by atoms with Crippen molar-refractivity contribution in [1.29, 1.82) is 0 Å². The molecule has 0 aliphatic carbocycles. The Morgan fingerprint density at radius 1 is 1.00 bits per heavy atom. The van der Waals surface area contributed by atoms with Gasteiger partial charge in [-0.1, -0.05) is 36.3 Å². The fraction of sp³-hybridized carbons (Fsp3) is 0.0588. The third-order valence-electron chi connectivity index (χ3n) is 2.89. The number of anilines is 1. The van der Waals surface area contributed by atoms with Crippen molar-refractivity contribution in [3.63, 3.8) is 0 Å². The van der Waals surface area contributed by atoms with Crippen LogP contribution in [0.15, 0.2) is 54.6 Å². The van der Waals surface area contributed by atoms with Crippen LogP contribution in [-0.2, 0) is 4.79 Å². The number of amides is 1. The van der Waals surface area contributed by atoms with Crippen molar-refractivity contribution in [1.82, 2.24) is 0 Å². The molecule has 0 spiro atoms. The predicted molar refractivity (Wildman–Crippen MR) is 80.1 cm³/mol. The number of carbonyl (C=O) groups is 2. The maximum Gasteiger partial charge on any atom is 0.337 e. The van der Waals surface area contributed by atoms with Gasteiger partial charge in [-0.2, -0.15) is 0 Å². The Hall–Kier alpha value is -3.06. The van der Waals surface area contributed by atoms with Crippen LogP contribution in [-0.4, -0.2) is 24.0 Å². The van der Waals surface area contributed by atoms with Gasteiger partial charge in [0.05, 0.1) is 11.3 Å². The molecule has 21 heavy (non-hydrogen) atoms. The molecule has 0 aromatic heterocycles. The van der Waals surface area contributed by atoms with Crippen LogP contribution in [0, 0.1) is 11.8 Å². The standard InChI is InChI=1S/C17H13NO3/c1-18(15-10-6-5-9-14(15)17(20)21)16(19)12-11-13-7-3-2-4-8-13/h2-10H,1H3,(H,20,21). The predicted octanol–water partition coefficient (Wildman–Crippen LogP) is 2.40. The molecule has 0 bridgehead atoms. The summed E-state index contributed by atoms with van der Waals surface area (Å²) < 4.78 is 0. The molecule has 0 saturated heterocycles. The molecule has 2 aromatic carbocycles. The van der Waals surface area contributed by atoms with Crippen LogP contribution in [0.2, 0.25) is 0 Å². The zero-order valence-corrected chi connectivity index (χ0v) is 11.4. The number of aromatic carboxylic acids is 1. The average molecular weight is 279 g/mol. The molecule has 1 amide bonds. The monoisotopic (exact) mass is 279 g/mol. The Balaban J connectivity index is 2.25. The van der Waals surface area contributed by atoms with Crippen molar-refractivity contribution in [2.45, 2.75) is 0 Å². The minimum absolute atomic E-state index is 0.0647. The molecule has 0 atom stereocenters. The Labute approximate surface area is 122 Å². The normalized spacial score (nSPS) is 9.38. The second-order valence-corrected chi connectivity index (χ2v) is 4.30. The molecule has 4 nitrogen and oxygen atoms in total. The maximum atomic E-state index is 12.1. The largest absolute Gasteiger partial charge is 0.478 e. The van der Waals surface area contributed by atoms with Gasteiger partial charge in [0.2, 0.25) is 0 Å². The highest BCUT2D eigenvalue weighted by atomic mass is 16.4. The van der Waals surface area contributed by atoms with Gasteiger partial charge in [0.15, 0.2) is 0 Å². The van der Waals surface area contributed by atoms with Crippen molar-refractivity contribution in [3.05, 3.63) is 65.7 Å². The van der Waals surface area contributed by atoms with E-state index < -0.39 is 11.9 Å². The van der Waals surface area contributed by atoms with Crippen molar-refractivity contribution < 1.29 is 14.7 Å². The highest BCUT2D eigenvalue weighted by Crippen LogP contribution is 2.19. The van der Waals surface area contributed by atoms with Gasteiger partial charge in [-0.3, -0.25) is 4.79 Å². The molecule has 0 aliphatic heterocycles. The van der Waals surface area contributed by atoms with Crippen molar-refractivity contribution in [3.8, 4) is 11.8 Å². The summed E-state index contributed by atoms with van der Waals surface area (Å²) in [6, 6.07) is 15.4. The lowest BCUT2D eigenvalue weighted by molar-refractivity contribution is -0.113. The van der Waals surface area contributed by atoms with Crippen LogP contribution in [0.4, 0.5) is 5.69 Å². The van der Waals surface area contributed by atoms with Crippen LogP contribution >= 0.6 is 0 Å². The zero-order chi connectivity index (χ0) is 15.2. The lowest BCUT2D eigenvalue weighted by Crippen LogP contribution is -2.26.